The lowest BCUT2D eigenvalue weighted by atomic mass is 9.92. The molecule has 0 radical (unpaired) electrons. The minimum Gasteiger partial charge on any atom is -0.364 e. The van der Waals surface area contributed by atoms with Crippen LogP contribution in [0.2, 0.25) is 10.0 Å². The second-order valence-corrected chi connectivity index (χ2v) is 7.37. The molecule has 0 saturated heterocycles. The number of nitrogens with one attached hydrogen (secondary N) is 1. The van der Waals surface area contributed by atoms with Crippen LogP contribution in [-0.4, -0.2) is 28.0 Å². The highest BCUT2D eigenvalue weighted by Gasteiger charge is 2.23. The molecule has 8 heteroatoms. The van der Waals surface area contributed by atoms with Gasteiger partial charge in [-0.05, 0) is 38.7 Å². The minimum atomic E-state index is -0.648. The van der Waals surface area contributed by atoms with Gasteiger partial charge in [0, 0.05) is 23.2 Å². The minimum absolute atomic E-state index is 0.115. The summed E-state index contributed by atoms with van der Waals surface area (Å²) < 4.78 is 0. The van der Waals surface area contributed by atoms with E-state index < -0.39 is 5.91 Å². The average molecular weight is 394 g/mol. The number of hydrogen-bond donors (Lipinski definition) is 3. The third kappa shape index (κ3) is 3.92. The fourth-order valence-electron chi connectivity index (χ4n) is 3.38. The summed E-state index contributed by atoms with van der Waals surface area (Å²) in [7, 11) is 0. The lowest BCUT2D eigenvalue weighted by Crippen LogP contribution is -2.35. The average Bonchev–Trinajstić information content (AvgIpc) is 2.57. The first-order chi connectivity index (χ1) is 12.4. The largest absolute Gasteiger partial charge is 0.364 e. The van der Waals surface area contributed by atoms with Crippen LogP contribution < -0.4 is 16.8 Å². The van der Waals surface area contributed by atoms with Crippen LogP contribution in [0.25, 0.3) is 11.1 Å². The molecule has 1 aromatic heterocycles. The van der Waals surface area contributed by atoms with E-state index in [9.17, 15) is 4.79 Å². The molecule has 1 heterocycles. The van der Waals surface area contributed by atoms with E-state index in [1.807, 2.05) is 0 Å². The van der Waals surface area contributed by atoms with Gasteiger partial charge < -0.3 is 16.8 Å². The van der Waals surface area contributed by atoms with E-state index in [0.29, 0.717) is 32.8 Å². The number of carbonyl (C=O) groups excluding carboxylic acids is 1. The van der Waals surface area contributed by atoms with E-state index in [1.165, 1.54) is 0 Å². The molecule has 0 aliphatic heterocycles. The number of amides is 1. The second kappa shape index (κ2) is 7.78. The van der Waals surface area contributed by atoms with Gasteiger partial charge in [-0.1, -0.05) is 35.3 Å². The van der Waals surface area contributed by atoms with E-state index in [2.05, 4.69) is 15.3 Å². The number of carbonyl (C=O) groups is 1. The molecule has 1 saturated carbocycles. The number of hydrogen-bond acceptors (Lipinski definition) is 5. The van der Waals surface area contributed by atoms with E-state index in [0.717, 1.165) is 25.7 Å². The van der Waals surface area contributed by atoms with Crippen molar-refractivity contribution in [3.63, 3.8) is 0 Å². The summed E-state index contributed by atoms with van der Waals surface area (Å²) in [6.45, 7) is 1.79. The Bertz CT molecular complexity index is 843. The van der Waals surface area contributed by atoms with Gasteiger partial charge in [0.1, 0.15) is 5.69 Å². The lowest BCUT2D eigenvalue weighted by molar-refractivity contribution is 0.0996. The van der Waals surface area contributed by atoms with Gasteiger partial charge >= 0.3 is 0 Å². The second-order valence-electron chi connectivity index (χ2n) is 6.59. The zero-order valence-electron chi connectivity index (χ0n) is 14.4. The Kier molecular flexibility index (Phi) is 5.65. The highest BCUT2D eigenvalue weighted by Crippen LogP contribution is 2.36. The summed E-state index contributed by atoms with van der Waals surface area (Å²) in [6, 6.07) is 5.54. The van der Waals surface area contributed by atoms with Crippen LogP contribution in [0.4, 0.5) is 5.95 Å². The lowest BCUT2D eigenvalue weighted by Gasteiger charge is -2.27. The van der Waals surface area contributed by atoms with Gasteiger partial charge in [-0.2, -0.15) is 0 Å². The van der Waals surface area contributed by atoms with Crippen molar-refractivity contribution >= 4 is 35.1 Å². The predicted octanol–water partition coefficient (Wildman–Crippen LogP) is 3.54. The van der Waals surface area contributed by atoms with Gasteiger partial charge in [-0.3, -0.25) is 4.79 Å². The molecule has 3 rings (SSSR count). The number of aryl methyl sites for hydroxylation is 1. The Morgan fingerprint density at radius 2 is 2.04 bits per heavy atom. The van der Waals surface area contributed by atoms with E-state index in [-0.39, 0.29) is 17.8 Å². The summed E-state index contributed by atoms with van der Waals surface area (Å²) >= 11 is 12.4. The number of nitrogens with two attached hydrogens (primary N) is 2. The Hall–Kier alpha value is -1.89. The summed E-state index contributed by atoms with van der Waals surface area (Å²) in [5.41, 5.74) is 13.4. The van der Waals surface area contributed by atoms with Gasteiger partial charge in [0.15, 0.2) is 0 Å². The molecule has 1 amide bonds. The summed E-state index contributed by atoms with van der Waals surface area (Å²) in [6.07, 6.45) is 3.91. The number of benzene rings is 1. The fourth-order valence-corrected chi connectivity index (χ4v) is 3.77. The molecular formula is C18H21Cl2N5O. The molecule has 0 bridgehead atoms. The molecule has 5 N–H and O–H groups in total. The molecule has 0 unspecified atom stereocenters. The first kappa shape index (κ1) is 18.9. The van der Waals surface area contributed by atoms with Crippen molar-refractivity contribution in [3.05, 3.63) is 39.6 Å². The molecule has 2 atom stereocenters. The van der Waals surface area contributed by atoms with Gasteiger partial charge in [0.05, 0.1) is 15.7 Å². The number of anilines is 1. The fraction of sp³-hybridized carbons (Fsp3) is 0.389. The van der Waals surface area contributed by atoms with Crippen LogP contribution in [0.15, 0.2) is 18.2 Å². The van der Waals surface area contributed by atoms with Crippen molar-refractivity contribution in [2.24, 2.45) is 11.5 Å². The van der Waals surface area contributed by atoms with Crippen LogP contribution in [0.5, 0.6) is 0 Å². The molecule has 26 heavy (non-hydrogen) atoms. The Morgan fingerprint density at radius 1 is 1.27 bits per heavy atom. The van der Waals surface area contributed by atoms with Crippen molar-refractivity contribution in [3.8, 4) is 11.1 Å². The van der Waals surface area contributed by atoms with Gasteiger partial charge in [-0.25, -0.2) is 9.97 Å². The SMILES string of the molecule is Cc1nc(N[C@H]2CCC[C@@H](N)C2)nc(C(N)=O)c1-c1cccc(Cl)c1Cl. The Labute approximate surface area is 162 Å². The van der Waals surface area contributed by atoms with Crippen LogP contribution in [0, 0.1) is 6.92 Å². The molecule has 2 aromatic rings. The normalized spacial score (nSPS) is 20.0. The number of primary amides is 1. The maximum atomic E-state index is 12.0. The van der Waals surface area contributed by atoms with Crippen LogP contribution in [-0.2, 0) is 0 Å². The predicted molar refractivity (Wildman–Crippen MR) is 105 cm³/mol. The Morgan fingerprint density at radius 3 is 2.73 bits per heavy atom. The van der Waals surface area contributed by atoms with Crippen molar-refractivity contribution in [2.75, 3.05) is 5.32 Å². The van der Waals surface area contributed by atoms with Crippen molar-refractivity contribution in [1.82, 2.24) is 9.97 Å². The molecular weight excluding hydrogens is 373 g/mol. The number of aromatic nitrogens is 2. The zero-order valence-corrected chi connectivity index (χ0v) is 15.9. The van der Waals surface area contributed by atoms with E-state index in [1.54, 1.807) is 25.1 Å². The van der Waals surface area contributed by atoms with Crippen LogP contribution in [0.3, 0.4) is 0 Å². The van der Waals surface area contributed by atoms with Crippen molar-refractivity contribution in [2.45, 2.75) is 44.7 Å². The third-order valence-corrected chi connectivity index (χ3v) is 5.41. The quantitative estimate of drug-likeness (QED) is 0.735. The van der Waals surface area contributed by atoms with Gasteiger partial charge in [0.2, 0.25) is 5.95 Å². The monoisotopic (exact) mass is 393 g/mol. The van der Waals surface area contributed by atoms with Crippen LogP contribution >= 0.6 is 23.2 Å². The number of rotatable bonds is 4. The van der Waals surface area contributed by atoms with Crippen molar-refractivity contribution < 1.29 is 4.79 Å². The molecule has 0 spiro atoms. The smallest absolute Gasteiger partial charge is 0.268 e. The number of nitrogens with zero attached hydrogens (tertiary/aromatic N) is 2. The zero-order chi connectivity index (χ0) is 18.8. The summed E-state index contributed by atoms with van der Waals surface area (Å²) in [5, 5.41) is 4.00. The third-order valence-electron chi connectivity index (χ3n) is 4.59. The van der Waals surface area contributed by atoms with E-state index in [4.69, 9.17) is 34.7 Å². The number of halogens is 2. The first-order valence-corrected chi connectivity index (χ1v) is 9.27. The Balaban J connectivity index is 2.01. The summed E-state index contributed by atoms with van der Waals surface area (Å²) in [4.78, 5) is 20.9. The molecule has 1 aromatic carbocycles. The highest BCUT2D eigenvalue weighted by atomic mass is 35.5. The topological polar surface area (TPSA) is 107 Å². The first-order valence-electron chi connectivity index (χ1n) is 8.51. The maximum Gasteiger partial charge on any atom is 0.268 e. The van der Waals surface area contributed by atoms with Crippen molar-refractivity contribution in [1.29, 1.82) is 0 Å². The molecule has 138 valence electrons. The maximum absolute atomic E-state index is 12.0. The van der Waals surface area contributed by atoms with Crippen LogP contribution in [0.1, 0.15) is 41.9 Å². The molecule has 6 nitrogen and oxygen atoms in total. The highest BCUT2D eigenvalue weighted by molar-refractivity contribution is 6.43. The molecule has 1 aliphatic carbocycles. The van der Waals surface area contributed by atoms with Gasteiger partial charge in [0.25, 0.3) is 5.91 Å². The van der Waals surface area contributed by atoms with Gasteiger partial charge in [-0.15, -0.1) is 0 Å². The molecule has 1 fully saturated rings. The summed E-state index contributed by atoms with van der Waals surface area (Å²) in [5.74, 6) is -0.276. The standard InChI is InChI=1S/C18H21Cl2N5O/c1-9-14(12-6-3-7-13(19)15(12)20)16(17(22)26)25-18(23-9)24-11-5-2-4-10(21)8-11/h3,6-7,10-11H,2,4-5,8,21H2,1H3,(H2,22,26)(H,23,24,25)/t10-,11+/m1/s1. The van der Waals surface area contributed by atoms with E-state index >= 15 is 0 Å². The molecule has 1 aliphatic rings.